The molecule has 0 aliphatic carbocycles. The van der Waals surface area contributed by atoms with Gasteiger partial charge < -0.3 is 10.2 Å². The summed E-state index contributed by atoms with van der Waals surface area (Å²) in [5.41, 5.74) is 0. The number of amides is 1. The molecule has 0 spiro atoms. The normalized spacial score (nSPS) is 26.6. The minimum atomic E-state index is 0.181. The molecule has 0 radical (unpaired) electrons. The SMILES string of the molecule is CC(=O)N1CCNCC1I. The van der Waals surface area contributed by atoms with E-state index in [4.69, 9.17) is 0 Å². The van der Waals surface area contributed by atoms with Crippen LogP contribution in [0.2, 0.25) is 0 Å². The lowest BCUT2D eigenvalue weighted by Gasteiger charge is -2.31. The lowest BCUT2D eigenvalue weighted by Crippen LogP contribution is -2.50. The number of carbonyl (C=O) groups is 1. The molecule has 1 aliphatic heterocycles. The smallest absolute Gasteiger partial charge is 0.220 e. The van der Waals surface area contributed by atoms with Gasteiger partial charge in [-0.3, -0.25) is 4.79 Å². The Balaban J connectivity index is 2.47. The van der Waals surface area contributed by atoms with E-state index in [1.54, 1.807) is 6.92 Å². The van der Waals surface area contributed by atoms with Gasteiger partial charge in [-0.2, -0.15) is 0 Å². The maximum absolute atomic E-state index is 10.9. The van der Waals surface area contributed by atoms with Crippen LogP contribution in [0.5, 0.6) is 0 Å². The minimum Gasteiger partial charge on any atom is -0.328 e. The van der Waals surface area contributed by atoms with E-state index in [2.05, 4.69) is 27.9 Å². The second-order valence-electron chi connectivity index (χ2n) is 2.35. The second kappa shape index (κ2) is 3.52. The molecule has 1 heterocycles. The van der Waals surface area contributed by atoms with Gasteiger partial charge in [0.25, 0.3) is 0 Å². The number of nitrogens with zero attached hydrogens (tertiary/aromatic N) is 1. The predicted molar refractivity (Wildman–Crippen MR) is 48.1 cm³/mol. The largest absolute Gasteiger partial charge is 0.328 e. The number of halogens is 1. The van der Waals surface area contributed by atoms with Crippen molar-refractivity contribution in [2.75, 3.05) is 19.6 Å². The van der Waals surface area contributed by atoms with Crippen LogP contribution in [0, 0.1) is 0 Å². The molecule has 4 heteroatoms. The molecule has 1 amide bonds. The van der Waals surface area contributed by atoms with Crippen molar-refractivity contribution in [2.45, 2.75) is 11.0 Å². The molecule has 1 N–H and O–H groups in total. The Bertz CT molecular complexity index is 140. The summed E-state index contributed by atoms with van der Waals surface area (Å²) in [5.74, 6) is 0.181. The van der Waals surface area contributed by atoms with Gasteiger partial charge in [0, 0.05) is 26.6 Å². The number of nitrogens with one attached hydrogen (secondary N) is 1. The Morgan fingerprint density at radius 1 is 1.80 bits per heavy atom. The topological polar surface area (TPSA) is 32.3 Å². The van der Waals surface area contributed by atoms with Crippen LogP contribution in [0.1, 0.15) is 6.92 Å². The molecule has 10 heavy (non-hydrogen) atoms. The van der Waals surface area contributed by atoms with Crippen LogP contribution in [0.3, 0.4) is 0 Å². The average Bonchev–Trinajstić information content (AvgIpc) is 1.88. The molecule has 1 unspecified atom stereocenters. The lowest BCUT2D eigenvalue weighted by atomic mass is 10.4. The summed E-state index contributed by atoms with van der Waals surface area (Å²) in [7, 11) is 0. The average molecular weight is 254 g/mol. The first-order chi connectivity index (χ1) is 4.72. The first kappa shape index (κ1) is 8.26. The molecular formula is C6H11IN2O. The van der Waals surface area contributed by atoms with Crippen LogP contribution in [0.4, 0.5) is 0 Å². The van der Waals surface area contributed by atoms with Gasteiger partial charge in [-0.05, 0) is 0 Å². The van der Waals surface area contributed by atoms with Gasteiger partial charge in [-0.15, -0.1) is 0 Å². The monoisotopic (exact) mass is 254 g/mol. The van der Waals surface area contributed by atoms with Crippen molar-refractivity contribution in [1.82, 2.24) is 10.2 Å². The van der Waals surface area contributed by atoms with Crippen LogP contribution in [-0.2, 0) is 4.79 Å². The van der Waals surface area contributed by atoms with Crippen LogP contribution < -0.4 is 5.32 Å². The summed E-state index contributed by atoms with van der Waals surface area (Å²) in [6.45, 7) is 4.32. The van der Waals surface area contributed by atoms with Crippen molar-refractivity contribution in [3.8, 4) is 0 Å². The van der Waals surface area contributed by atoms with E-state index in [0.29, 0.717) is 4.05 Å². The highest BCUT2D eigenvalue weighted by Gasteiger charge is 2.20. The van der Waals surface area contributed by atoms with Crippen LogP contribution in [0.25, 0.3) is 0 Å². The molecular weight excluding hydrogens is 243 g/mol. The van der Waals surface area contributed by atoms with E-state index in [9.17, 15) is 4.79 Å². The third-order valence-corrected chi connectivity index (χ3v) is 2.70. The van der Waals surface area contributed by atoms with Gasteiger partial charge in [-0.1, -0.05) is 22.6 Å². The van der Waals surface area contributed by atoms with E-state index in [0.717, 1.165) is 19.6 Å². The number of piperazine rings is 1. The van der Waals surface area contributed by atoms with Crippen molar-refractivity contribution < 1.29 is 4.79 Å². The van der Waals surface area contributed by atoms with Gasteiger partial charge >= 0.3 is 0 Å². The Labute approximate surface area is 74.3 Å². The maximum atomic E-state index is 10.9. The quantitative estimate of drug-likeness (QED) is 0.380. The third-order valence-electron chi connectivity index (χ3n) is 1.58. The van der Waals surface area contributed by atoms with Gasteiger partial charge in [0.05, 0.1) is 4.05 Å². The Kier molecular flexibility index (Phi) is 2.91. The lowest BCUT2D eigenvalue weighted by molar-refractivity contribution is -0.129. The standard InChI is InChI=1S/C6H11IN2O/c1-5(10)9-3-2-8-4-6(9)7/h6,8H,2-4H2,1H3. The molecule has 1 saturated heterocycles. The summed E-state index contributed by atoms with van der Waals surface area (Å²) in [6.07, 6.45) is 0. The molecule has 1 aliphatic rings. The van der Waals surface area contributed by atoms with Crippen LogP contribution in [-0.4, -0.2) is 34.5 Å². The number of rotatable bonds is 0. The highest BCUT2D eigenvalue weighted by Crippen LogP contribution is 2.09. The fourth-order valence-corrected chi connectivity index (χ4v) is 2.01. The second-order valence-corrected chi connectivity index (χ2v) is 3.79. The van der Waals surface area contributed by atoms with Crippen LogP contribution >= 0.6 is 22.6 Å². The number of alkyl halides is 1. The first-order valence-corrected chi connectivity index (χ1v) is 4.58. The minimum absolute atomic E-state index is 0.181. The Hall–Kier alpha value is 0.160. The van der Waals surface area contributed by atoms with Gasteiger partial charge in [0.2, 0.25) is 5.91 Å². The number of carbonyl (C=O) groups excluding carboxylic acids is 1. The van der Waals surface area contributed by atoms with E-state index < -0.39 is 0 Å². The zero-order valence-corrected chi connectivity index (χ0v) is 8.09. The number of hydrogen-bond acceptors (Lipinski definition) is 2. The summed E-state index contributed by atoms with van der Waals surface area (Å²) in [4.78, 5) is 12.8. The van der Waals surface area contributed by atoms with Crippen molar-refractivity contribution in [3.05, 3.63) is 0 Å². The molecule has 3 nitrogen and oxygen atoms in total. The zero-order valence-electron chi connectivity index (χ0n) is 5.93. The van der Waals surface area contributed by atoms with E-state index in [1.807, 2.05) is 4.90 Å². The van der Waals surface area contributed by atoms with E-state index >= 15 is 0 Å². The fraction of sp³-hybridized carbons (Fsp3) is 0.833. The third kappa shape index (κ3) is 1.82. The van der Waals surface area contributed by atoms with Crippen LogP contribution in [0.15, 0.2) is 0 Å². The predicted octanol–water partition coefficient (Wildman–Crippen LogP) is 0.199. The molecule has 1 rings (SSSR count). The summed E-state index contributed by atoms with van der Waals surface area (Å²) >= 11 is 2.28. The fourth-order valence-electron chi connectivity index (χ4n) is 1.03. The highest BCUT2D eigenvalue weighted by atomic mass is 127. The molecule has 1 atom stereocenters. The molecule has 1 fully saturated rings. The summed E-state index contributed by atoms with van der Waals surface area (Å²) in [6, 6.07) is 0. The zero-order chi connectivity index (χ0) is 7.56. The van der Waals surface area contributed by atoms with Gasteiger partial charge in [-0.25, -0.2) is 0 Å². The summed E-state index contributed by atoms with van der Waals surface area (Å²) in [5, 5.41) is 3.22. The van der Waals surface area contributed by atoms with Crippen molar-refractivity contribution >= 4 is 28.5 Å². The van der Waals surface area contributed by atoms with Crippen molar-refractivity contribution in [2.24, 2.45) is 0 Å². The summed E-state index contributed by atoms with van der Waals surface area (Å²) < 4.78 is 0.337. The van der Waals surface area contributed by atoms with Crippen molar-refractivity contribution in [1.29, 1.82) is 0 Å². The van der Waals surface area contributed by atoms with Gasteiger partial charge in [0.15, 0.2) is 0 Å². The van der Waals surface area contributed by atoms with Gasteiger partial charge in [0.1, 0.15) is 0 Å². The molecule has 0 aromatic heterocycles. The first-order valence-electron chi connectivity index (χ1n) is 3.34. The Morgan fingerprint density at radius 2 is 2.50 bits per heavy atom. The van der Waals surface area contributed by atoms with E-state index in [-0.39, 0.29) is 5.91 Å². The Morgan fingerprint density at radius 3 is 2.90 bits per heavy atom. The molecule has 0 saturated carbocycles. The molecule has 0 aromatic rings. The van der Waals surface area contributed by atoms with Crippen molar-refractivity contribution in [3.63, 3.8) is 0 Å². The molecule has 58 valence electrons. The van der Waals surface area contributed by atoms with E-state index in [1.165, 1.54) is 0 Å². The highest BCUT2D eigenvalue weighted by molar-refractivity contribution is 14.1. The maximum Gasteiger partial charge on any atom is 0.220 e. The molecule has 0 aromatic carbocycles. The molecule has 0 bridgehead atoms. The number of hydrogen-bond donors (Lipinski definition) is 1.